The number of nitrogens with one attached hydrogen (secondary N) is 1. The molecule has 0 aliphatic carbocycles. The van der Waals surface area contributed by atoms with Gasteiger partial charge in [0.2, 0.25) is 0 Å². The van der Waals surface area contributed by atoms with E-state index >= 15 is 0 Å². The molecule has 1 atom stereocenters. The van der Waals surface area contributed by atoms with Gasteiger partial charge < -0.3 is 9.72 Å². The summed E-state index contributed by atoms with van der Waals surface area (Å²) in [5, 5.41) is 0. The molecule has 4 heteroatoms. The molecule has 96 valence electrons. The lowest BCUT2D eigenvalue weighted by molar-refractivity contribution is -0.00948. The van der Waals surface area contributed by atoms with Crippen LogP contribution in [-0.4, -0.2) is 17.1 Å². The van der Waals surface area contributed by atoms with Gasteiger partial charge in [-0.25, -0.2) is 4.98 Å². The fraction of sp³-hybridized carbons (Fsp3) is 0.692. The van der Waals surface area contributed by atoms with Crippen LogP contribution in [0.5, 0.6) is 0 Å². The van der Waals surface area contributed by atoms with E-state index in [2.05, 4.69) is 9.97 Å². The highest BCUT2D eigenvalue weighted by Gasteiger charge is 2.28. The maximum absolute atomic E-state index is 11.7. The van der Waals surface area contributed by atoms with Gasteiger partial charge in [-0.1, -0.05) is 27.7 Å². The highest BCUT2D eigenvalue weighted by molar-refractivity contribution is 5.15. The summed E-state index contributed by atoms with van der Waals surface area (Å²) < 4.78 is 5.46. The van der Waals surface area contributed by atoms with Crippen molar-refractivity contribution in [2.45, 2.75) is 52.1 Å². The van der Waals surface area contributed by atoms with Gasteiger partial charge in [0.25, 0.3) is 5.56 Å². The van der Waals surface area contributed by atoms with Crippen molar-refractivity contribution >= 4 is 0 Å². The summed E-state index contributed by atoms with van der Waals surface area (Å²) in [4.78, 5) is 19.0. The van der Waals surface area contributed by atoms with Crippen LogP contribution in [0.4, 0.5) is 0 Å². The monoisotopic (exact) mass is 238 g/mol. The molecule has 1 aromatic heterocycles. The first kappa shape index (κ1) is 13.9. The van der Waals surface area contributed by atoms with Gasteiger partial charge in [-0.2, -0.15) is 0 Å². The van der Waals surface area contributed by atoms with E-state index in [1.54, 1.807) is 13.2 Å². The second-order valence-corrected chi connectivity index (χ2v) is 5.52. The zero-order valence-electron chi connectivity index (χ0n) is 11.5. The van der Waals surface area contributed by atoms with Crippen molar-refractivity contribution < 1.29 is 4.74 Å². The van der Waals surface area contributed by atoms with Crippen LogP contribution in [-0.2, 0) is 15.8 Å². The van der Waals surface area contributed by atoms with Crippen LogP contribution < -0.4 is 5.56 Å². The van der Waals surface area contributed by atoms with E-state index in [1.165, 1.54) is 0 Å². The van der Waals surface area contributed by atoms with Crippen LogP contribution in [0, 0.1) is 0 Å². The molecule has 1 rings (SSSR count). The number of aromatic amines is 1. The summed E-state index contributed by atoms with van der Waals surface area (Å²) in [6, 6.07) is 1.55. The smallest absolute Gasteiger partial charge is 0.251 e. The Hall–Kier alpha value is -1.16. The molecule has 0 aromatic carbocycles. The maximum Gasteiger partial charge on any atom is 0.251 e. The van der Waals surface area contributed by atoms with E-state index in [1.807, 2.05) is 34.6 Å². The Labute approximate surface area is 102 Å². The molecule has 0 aliphatic heterocycles. The van der Waals surface area contributed by atoms with Gasteiger partial charge in [0.15, 0.2) is 0 Å². The predicted molar refractivity (Wildman–Crippen MR) is 68.2 cm³/mol. The zero-order chi connectivity index (χ0) is 13.3. The third-order valence-corrected chi connectivity index (χ3v) is 3.14. The number of aromatic nitrogens is 2. The van der Waals surface area contributed by atoms with Crippen molar-refractivity contribution in [3.63, 3.8) is 0 Å². The summed E-state index contributed by atoms with van der Waals surface area (Å²) in [6.07, 6.45) is 0.750. The maximum atomic E-state index is 11.7. The largest absolute Gasteiger partial charge is 0.371 e. The molecule has 0 saturated carbocycles. The van der Waals surface area contributed by atoms with E-state index in [0.717, 1.165) is 12.1 Å². The number of nitrogens with zero attached hydrogens (tertiary/aromatic N) is 1. The molecule has 0 amide bonds. The van der Waals surface area contributed by atoms with E-state index in [4.69, 9.17) is 4.74 Å². The third kappa shape index (κ3) is 2.94. The van der Waals surface area contributed by atoms with Gasteiger partial charge in [-0.3, -0.25) is 4.79 Å². The summed E-state index contributed by atoms with van der Waals surface area (Å²) in [6.45, 7) is 10.0. The van der Waals surface area contributed by atoms with Gasteiger partial charge in [-0.15, -0.1) is 0 Å². The van der Waals surface area contributed by atoms with Crippen LogP contribution in [0.25, 0.3) is 0 Å². The molecule has 0 aliphatic rings. The number of hydrogen-bond donors (Lipinski definition) is 1. The Kier molecular flexibility index (Phi) is 3.77. The second kappa shape index (κ2) is 4.61. The molecule has 0 fully saturated rings. The molecular weight excluding hydrogens is 216 g/mol. The summed E-state index contributed by atoms with van der Waals surface area (Å²) >= 11 is 0. The molecule has 0 spiro atoms. The molecule has 1 aromatic rings. The number of rotatable bonds is 3. The van der Waals surface area contributed by atoms with Crippen molar-refractivity contribution in [3.8, 4) is 0 Å². The number of ether oxygens (including phenoxy) is 1. The summed E-state index contributed by atoms with van der Waals surface area (Å²) in [5.41, 5.74) is -0.0316. The molecule has 1 heterocycles. The molecule has 17 heavy (non-hydrogen) atoms. The van der Waals surface area contributed by atoms with Gasteiger partial charge in [0.1, 0.15) is 11.4 Å². The standard InChI is InChI=1S/C13H22N2O2/c1-7-13(5,17-6)11-14-9(12(2,3)4)8-10(16)15-11/h8H,7H2,1-6H3,(H,14,15,16). The minimum atomic E-state index is -0.541. The third-order valence-electron chi connectivity index (χ3n) is 3.14. The first-order chi connectivity index (χ1) is 7.73. The Morgan fingerprint density at radius 2 is 1.94 bits per heavy atom. The number of hydrogen-bond acceptors (Lipinski definition) is 3. The van der Waals surface area contributed by atoms with Crippen LogP contribution >= 0.6 is 0 Å². The van der Waals surface area contributed by atoms with Crippen LogP contribution in [0.3, 0.4) is 0 Å². The normalized spacial score (nSPS) is 15.6. The first-order valence-corrected chi connectivity index (χ1v) is 5.90. The number of methoxy groups -OCH3 is 1. The predicted octanol–water partition coefficient (Wildman–Crippen LogP) is 2.34. The van der Waals surface area contributed by atoms with Gasteiger partial charge in [-0.05, 0) is 13.3 Å². The second-order valence-electron chi connectivity index (χ2n) is 5.52. The van der Waals surface area contributed by atoms with E-state index < -0.39 is 5.60 Å². The fourth-order valence-electron chi connectivity index (χ4n) is 1.50. The first-order valence-electron chi connectivity index (χ1n) is 5.90. The Morgan fingerprint density at radius 3 is 2.35 bits per heavy atom. The molecule has 0 radical (unpaired) electrons. The highest BCUT2D eigenvalue weighted by Crippen LogP contribution is 2.26. The average molecular weight is 238 g/mol. The molecule has 1 unspecified atom stereocenters. The van der Waals surface area contributed by atoms with Crippen LogP contribution in [0.2, 0.25) is 0 Å². The van der Waals surface area contributed by atoms with Crippen LogP contribution in [0.15, 0.2) is 10.9 Å². The quantitative estimate of drug-likeness (QED) is 0.879. The molecule has 1 N–H and O–H groups in total. The average Bonchev–Trinajstić information content (AvgIpc) is 2.26. The highest BCUT2D eigenvalue weighted by atomic mass is 16.5. The summed E-state index contributed by atoms with van der Waals surface area (Å²) in [7, 11) is 1.63. The van der Waals surface area contributed by atoms with Crippen molar-refractivity contribution in [3.05, 3.63) is 27.9 Å². The molecular formula is C13H22N2O2. The number of H-pyrrole nitrogens is 1. The van der Waals surface area contributed by atoms with E-state index in [9.17, 15) is 4.79 Å². The topological polar surface area (TPSA) is 55.0 Å². The lowest BCUT2D eigenvalue weighted by Gasteiger charge is -2.27. The van der Waals surface area contributed by atoms with Crippen molar-refractivity contribution in [2.24, 2.45) is 0 Å². The minimum Gasteiger partial charge on any atom is -0.371 e. The Morgan fingerprint density at radius 1 is 1.35 bits per heavy atom. The molecule has 0 bridgehead atoms. The van der Waals surface area contributed by atoms with Gasteiger partial charge >= 0.3 is 0 Å². The lowest BCUT2D eigenvalue weighted by Crippen LogP contribution is -2.31. The fourth-order valence-corrected chi connectivity index (χ4v) is 1.50. The Balaban J connectivity index is 3.37. The van der Waals surface area contributed by atoms with Crippen molar-refractivity contribution in [1.29, 1.82) is 0 Å². The lowest BCUT2D eigenvalue weighted by atomic mass is 9.91. The minimum absolute atomic E-state index is 0.128. The molecule has 0 saturated heterocycles. The van der Waals surface area contributed by atoms with Crippen molar-refractivity contribution in [2.75, 3.05) is 7.11 Å². The van der Waals surface area contributed by atoms with Gasteiger partial charge in [0, 0.05) is 18.6 Å². The van der Waals surface area contributed by atoms with Crippen molar-refractivity contribution in [1.82, 2.24) is 9.97 Å². The van der Waals surface area contributed by atoms with E-state index in [-0.39, 0.29) is 11.0 Å². The summed E-state index contributed by atoms with van der Waals surface area (Å²) in [5.74, 6) is 0.597. The van der Waals surface area contributed by atoms with E-state index in [0.29, 0.717) is 5.82 Å². The SMILES string of the molecule is CCC(C)(OC)c1nc(C(C)(C)C)cc(=O)[nH]1. The Bertz CT molecular complexity index is 439. The molecule has 4 nitrogen and oxygen atoms in total. The zero-order valence-corrected chi connectivity index (χ0v) is 11.5. The van der Waals surface area contributed by atoms with Gasteiger partial charge in [0.05, 0.1) is 5.69 Å². The van der Waals surface area contributed by atoms with Crippen LogP contribution in [0.1, 0.15) is 52.6 Å².